The highest BCUT2D eigenvalue weighted by Gasteiger charge is 2.25. The summed E-state index contributed by atoms with van der Waals surface area (Å²) in [6.45, 7) is 4.19. The van der Waals surface area contributed by atoms with Gasteiger partial charge in [-0.3, -0.25) is 9.69 Å². The van der Waals surface area contributed by atoms with Gasteiger partial charge < -0.3 is 0 Å². The lowest BCUT2D eigenvalue weighted by Crippen LogP contribution is -2.39. The highest BCUT2D eigenvalue weighted by Crippen LogP contribution is 2.38. The average molecular weight is 456 g/mol. The molecule has 2 nitrogen and oxygen atoms in total. The highest BCUT2D eigenvalue weighted by molar-refractivity contribution is 5.96. The van der Waals surface area contributed by atoms with Crippen molar-refractivity contribution < 1.29 is 4.79 Å². The molecular formula is C30H30ClNO. The van der Waals surface area contributed by atoms with Crippen molar-refractivity contribution in [2.24, 2.45) is 0 Å². The summed E-state index contributed by atoms with van der Waals surface area (Å²) < 4.78 is 0. The monoisotopic (exact) mass is 455 g/mol. The van der Waals surface area contributed by atoms with Crippen LogP contribution >= 0.6 is 12.4 Å². The normalized spacial score (nSPS) is 16.3. The molecule has 0 amide bonds. The third kappa shape index (κ3) is 4.88. The minimum atomic E-state index is 0. The smallest absolute Gasteiger partial charge is 0.164 e. The number of hydrogen-bond acceptors (Lipinski definition) is 2. The molecule has 1 saturated heterocycles. The molecule has 3 heteroatoms. The van der Waals surface area contributed by atoms with Gasteiger partial charge in [0.1, 0.15) is 0 Å². The van der Waals surface area contributed by atoms with E-state index in [9.17, 15) is 4.79 Å². The number of fused-ring (bicyclic) bond motifs is 2. The molecule has 3 aromatic rings. The zero-order valence-electron chi connectivity index (χ0n) is 19.0. The maximum absolute atomic E-state index is 12.7. The van der Waals surface area contributed by atoms with E-state index in [0.29, 0.717) is 6.42 Å². The third-order valence-electron chi connectivity index (χ3n) is 6.86. The van der Waals surface area contributed by atoms with Gasteiger partial charge in [-0.2, -0.15) is 0 Å². The van der Waals surface area contributed by atoms with Crippen LogP contribution in [0.5, 0.6) is 0 Å². The Kier molecular flexibility index (Phi) is 7.27. The van der Waals surface area contributed by atoms with Gasteiger partial charge >= 0.3 is 0 Å². The second kappa shape index (κ2) is 10.3. The van der Waals surface area contributed by atoms with Crippen LogP contribution in [0.1, 0.15) is 58.8 Å². The SMILES string of the molecule is CC(CC(=O)c1ccccc1)N1CCC(=C2c3ccccc3C=Cc3ccccc32)CC1.Cl. The number of carbonyl (C=O) groups is 1. The Morgan fingerprint density at radius 2 is 1.30 bits per heavy atom. The molecule has 1 fully saturated rings. The predicted molar refractivity (Wildman–Crippen MR) is 141 cm³/mol. The molecule has 3 aromatic carbocycles. The van der Waals surface area contributed by atoms with E-state index in [0.717, 1.165) is 31.5 Å². The molecular weight excluding hydrogens is 426 g/mol. The van der Waals surface area contributed by atoms with Crippen molar-refractivity contribution in [3.8, 4) is 0 Å². The summed E-state index contributed by atoms with van der Waals surface area (Å²) >= 11 is 0. The molecule has 168 valence electrons. The van der Waals surface area contributed by atoms with E-state index in [2.05, 4.69) is 72.5 Å². The lowest BCUT2D eigenvalue weighted by Gasteiger charge is -2.34. The van der Waals surface area contributed by atoms with E-state index in [1.165, 1.54) is 33.4 Å². The summed E-state index contributed by atoms with van der Waals surface area (Å²) in [4.78, 5) is 15.2. The first kappa shape index (κ1) is 23.2. The molecule has 33 heavy (non-hydrogen) atoms. The van der Waals surface area contributed by atoms with E-state index in [4.69, 9.17) is 0 Å². The minimum absolute atomic E-state index is 0. The van der Waals surface area contributed by atoms with Crippen molar-refractivity contribution >= 4 is 35.9 Å². The maximum Gasteiger partial charge on any atom is 0.164 e. The second-order valence-electron chi connectivity index (χ2n) is 8.86. The number of Topliss-reactive ketones (excluding diaryl/α,β-unsaturated/α-hetero) is 1. The maximum atomic E-state index is 12.7. The van der Waals surface area contributed by atoms with Gasteiger partial charge in [0.05, 0.1) is 0 Å². The average Bonchev–Trinajstić information content (AvgIpc) is 3.01. The molecule has 0 spiro atoms. The van der Waals surface area contributed by atoms with Crippen molar-refractivity contribution in [2.45, 2.75) is 32.2 Å². The summed E-state index contributed by atoms with van der Waals surface area (Å²) in [7, 11) is 0. The Morgan fingerprint density at radius 1 is 0.788 bits per heavy atom. The van der Waals surface area contributed by atoms with Gasteiger partial charge in [-0.05, 0) is 47.6 Å². The zero-order chi connectivity index (χ0) is 21.9. The van der Waals surface area contributed by atoms with E-state index in [1.54, 1.807) is 0 Å². The van der Waals surface area contributed by atoms with Crippen LogP contribution in [0.4, 0.5) is 0 Å². The molecule has 0 saturated carbocycles. The van der Waals surface area contributed by atoms with E-state index in [-0.39, 0.29) is 24.2 Å². The molecule has 2 aliphatic rings. The number of likely N-dealkylation sites (tertiary alicyclic amines) is 1. The van der Waals surface area contributed by atoms with Crippen molar-refractivity contribution in [2.75, 3.05) is 13.1 Å². The molecule has 0 bridgehead atoms. The van der Waals surface area contributed by atoms with Crippen molar-refractivity contribution in [1.82, 2.24) is 4.90 Å². The standard InChI is InChI=1S/C30H29NO.ClH/c1-22(21-29(32)25-11-3-2-4-12-25)31-19-17-26(18-20-31)30-27-13-7-5-9-23(27)15-16-24-10-6-8-14-28(24)30;/h2-16,22H,17-21H2,1H3;1H. The van der Waals surface area contributed by atoms with Crippen molar-refractivity contribution in [1.29, 1.82) is 0 Å². The van der Waals surface area contributed by atoms with Crippen LogP contribution in [-0.4, -0.2) is 29.8 Å². The van der Waals surface area contributed by atoms with Crippen LogP contribution < -0.4 is 0 Å². The highest BCUT2D eigenvalue weighted by atomic mass is 35.5. The molecule has 1 heterocycles. The number of carbonyl (C=O) groups excluding carboxylic acids is 1. The van der Waals surface area contributed by atoms with Gasteiger partial charge in [-0.15, -0.1) is 12.4 Å². The molecule has 1 atom stereocenters. The van der Waals surface area contributed by atoms with Crippen LogP contribution in [0.25, 0.3) is 17.7 Å². The van der Waals surface area contributed by atoms with Gasteiger partial charge in [-0.25, -0.2) is 0 Å². The van der Waals surface area contributed by atoms with Crippen LogP contribution in [0.15, 0.2) is 84.4 Å². The number of rotatable bonds is 4. The Morgan fingerprint density at radius 3 is 1.88 bits per heavy atom. The van der Waals surface area contributed by atoms with E-state index < -0.39 is 0 Å². The van der Waals surface area contributed by atoms with Gasteiger partial charge in [0, 0.05) is 31.1 Å². The topological polar surface area (TPSA) is 20.3 Å². The third-order valence-corrected chi connectivity index (χ3v) is 6.86. The predicted octanol–water partition coefficient (Wildman–Crippen LogP) is 7.15. The molecule has 0 radical (unpaired) electrons. The van der Waals surface area contributed by atoms with E-state index >= 15 is 0 Å². The first-order valence-corrected chi connectivity index (χ1v) is 11.6. The minimum Gasteiger partial charge on any atom is -0.300 e. The number of halogens is 1. The fraction of sp³-hybridized carbons (Fsp3) is 0.233. The summed E-state index contributed by atoms with van der Waals surface area (Å²) in [6, 6.07) is 27.4. The Labute approximate surface area is 203 Å². The van der Waals surface area contributed by atoms with Gasteiger partial charge in [0.25, 0.3) is 0 Å². The van der Waals surface area contributed by atoms with Crippen LogP contribution in [0, 0.1) is 0 Å². The zero-order valence-corrected chi connectivity index (χ0v) is 19.9. The quantitative estimate of drug-likeness (QED) is 0.304. The van der Waals surface area contributed by atoms with Gasteiger partial charge in [-0.1, -0.05) is 96.6 Å². The first-order chi connectivity index (χ1) is 15.7. The summed E-state index contributed by atoms with van der Waals surface area (Å²) in [5, 5.41) is 0. The second-order valence-corrected chi connectivity index (χ2v) is 8.86. The van der Waals surface area contributed by atoms with Crippen molar-refractivity contribution in [3.63, 3.8) is 0 Å². The molecule has 0 N–H and O–H groups in total. The lowest BCUT2D eigenvalue weighted by molar-refractivity contribution is 0.0922. The Bertz CT molecular complexity index is 1130. The van der Waals surface area contributed by atoms with Crippen LogP contribution in [-0.2, 0) is 0 Å². The van der Waals surface area contributed by atoms with Gasteiger partial charge in [0.2, 0.25) is 0 Å². The summed E-state index contributed by atoms with van der Waals surface area (Å²) in [5.74, 6) is 0.236. The molecule has 1 unspecified atom stereocenters. The number of benzene rings is 3. The van der Waals surface area contributed by atoms with E-state index in [1.807, 2.05) is 30.3 Å². The summed E-state index contributed by atoms with van der Waals surface area (Å²) in [6.07, 6.45) is 7.15. The van der Waals surface area contributed by atoms with Crippen LogP contribution in [0.2, 0.25) is 0 Å². The number of ketones is 1. The molecule has 1 aliphatic carbocycles. The fourth-order valence-corrected chi connectivity index (χ4v) is 5.07. The Hall–Kier alpha value is -2.94. The number of piperidine rings is 1. The lowest BCUT2D eigenvalue weighted by atomic mass is 9.85. The van der Waals surface area contributed by atoms with Crippen LogP contribution in [0.3, 0.4) is 0 Å². The number of nitrogens with zero attached hydrogens (tertiary/aromatic N) is 1. The Balaban J connectivity index is 0.00000259. The molecule has 5 rings (SSSR count). The number of hydrogen-bond donors (Lipinski definition) is 0. The first-order valence-electron chi connectivity index (χ1n) is 11.6. The fourth-order valence-electron chi connectivity index (χ4n) is 5.07. The van der Waals surface area contributed by atoms with Crippen molar-refractivity contribution in [3.05, 3.63) is 112 Å². The summed E-state index contributed by atoms with van der Waals surface area (Å²) in [5.41, 5.74) is 9.01. The largest absolute Gasteiger partial charge is 0.300 e. The molecule has 1 aliphatic heterocycles. The molecule has 0 aromatic heterocycles. The van der Waals surface area contributed by atoms with Gasteiger partial charge in [0.15, 0.2) is 5.78 Å².